The van der Waals surface area contributed by atoms with E-state index in [0.29, 0.717) is 12.3 Å². The summed E-state index contributed by atoms with van der Waals surface area (Å²) in [5.41, 5.74) is 5.46. The van der Waals surface area contributed by atoms with E-state index in [-0.39, 0.29) is 18.8 Å². The monoisotopic (exact) mass is 391 g/mol. The summed E-state index contributed by atoms with van der Waals surface area (Å²) < 4.78 is 24.0. The molecule has 1 aliphatic rings. The fourth-order valence-corrected chi connectivity index (χ4v) is 3.47. The van der Waals surface area contributed by atoms with Gasteiger partial charge in [0.15, 0.2) is 5.84 Å². The molecular weight excluding hydrogens is 362 g/mol. The number of hydrogen-bond donors (Lipinski definition) is 3. The van der Waals surface area contributed by atoms with Crippen molar-refractivity contribution in [3.8, 4) is 0 Å². The molecule has 1 aliphatic carbocycles. The molecule has 0 saturated heterocycles. The average molecular weight is 391 g/mol. The molecule has 4 N–H and O–H groups in total. The number of carbonyl (C=O) groups excluding carboxylic acids is 1. The number of nitrogens with one attached hydrogen (secondary N) is 1. The van der Waals surface area contributed by atoms with E-state index in [1.165, 1.54) is 32.1 Å². The Bertz CT molecular complexity index is 599. The van der Waals surface area contributed by atoms with Gasteiger partial charge in [-0.25, -0.2) is 17.9 Å². The van der Waals surface area contributed by atoms with Gasteiger partial charge in [-0.3, -0.25) is 4.79 Å². The molecule has 0 aromatic heterocycles. The van der Waals surface area contributed by atoms with Crippen LogP contribution in [-0.2, 0) is 24.4 Å². The van der Waals surface area contributed by atoms with Crippen LogP contribution >= 0.6 is 0 Å². The highest BCUT2D eigenvalue weighted by atomic mass is 32.2. The largest absolute Gasteiger partial charge is 0.481 e. The Balaban J connectivity index is 2.47. The molecule has 1 saturated carbocycles. The molecule has 0 unspecified atom stereocenters. The fourth-order valence-electron chi connectivity index (χ4n) is 3.06. The maximum absolute atomic E-state index is 12.1. The molecule has 1 rings (SSSR count). The second-order valence-corrected chi connectivity index (χ2v) is 8.65. The fraction of sp³-hybridized carbons (Fsp3) is 0.812. The third-order valence-electron chi connectivity index (χ3n) is 4.41. The van der Waals surface area contributed by atoms with Crippen LogP contribution in [0.5, 0.6) is 0 Å². The second-order valence-electron chi connectivity index (χ2n) is 6.82. The van der Waals surface area contributed by atoms with E-state index in [9.17, 15) is 18.0 Å². The zero-order chi connectivity index (χ0) is 19.6. The van der Waals surface area contributed by atoms with Crippen molar-refractivity contribution in [3.05, 3.63) is 0 Å². The Hall–Kier alpha value is -1.68. The Morgan fingerprint density at radius 1 is 1.31 bits per heavy atom. The van der Waals surface area contributed by atoms with Gasteiger partial charge in [0, 0.05) is 0 Å². The Labute approximate surface area is 154 Å². The molecule has 0 heterocycles. The lowest BCUT2D eigenvalue weighted by Gasteiger charge is -2.22. The summed E-state index contributed by atoms with van der Waals surface area (Å²) in [5.74, 6) is -2.21. The van der Waals surface area contributed by atoms with Gasteiger partial charge in [-0.2, -0.15) is 0 Å². The zero-order valence-electron chi connectivity index (χ0n) is 15.1. The minimum Gasteiger partial charge on any atom is -0.481 e. The van der Waals surface area contributed by atoms with Crippen LogP contribution in [0.4, 0.5) is 0 Å². The van der Waals surface area contributed by atoms with E-state index < -0.39 is 27.9 Å². The first-order valence-corrected chi connectivity index (χ1v) is 10.8. The van der Waals surface area contributed by atoms with E-state index in [1.54, 1.807) is 0 Å². The number of hydrogen-bond acceptors (Lipinski definition) is 6. The van der Waals surface area contributed by atoms with Crippen LogP contribution in [0.25, 0.3) is 0 Å². The van der Waals surface area contributed by atoms with Gasteiger partial charge in [0.25, 0.3) is 0 Å². The van der Waals surface area contributed by atoms with Crippen molar-refractivity contribution >= 4 is 27.8 Å². The van der Waals surface area contributed by atoms with Crippen molar-refractivity contribution in [1.29, 1.82) is 0 Å². The highest BCUT2D eigenvalue weighted by molar-refractivity contribution is 7.88. The van der Waals surface area contributed by atoms with Gasteiger partial charge >= 0.3 is 11.9 Å². The molecule has 1 fully saturated rings. The lowest BCUT2D eigenvalue weighted by Crippen LogP contribution is -2.33. The number of carboxylic acid groups (broad SMARTS) is 1. The number of aliphatic carboxylic acids is 1. The molecule has 0 bridgehead atoms. The molecule has 1 atom stereocenters. The number of nitrogens with two attached hydrogens (primary N) is 1. The normalized spacial score (nSPS) is 17.7. The SMILES string of the molecule is CS(=O)(=O)NC/C(N)=N/OC(=O)[C@H](CCCC1CCCCC1)CC(=O)O. The molecule has 0 radical (unpaired) electrons. The molecule has 0 aliphatic heterocycles. The van der Waals surface area contributed by atoms with E-state index in [4.69, 9.17) is 15.7 Å². The van der Waals surface area contributed by atoms with Crippen molar-refractivity contribution in [3.63, 3.8) is 0 Å². The van der Waals surface area contributed by atoms with Gasteiger partial charge in [-0.1, -0.05) is 50.1 Å². The predicted molar refractivity (Wildman–Crippen MR) is 96.7 cm³/mol. The molecular formula is C16H29N3O6S. The van der Waals surface area contributed by atoms with Gasteiger partial charge in [0.05, 0.1) is 25.1 Å². The first-order valence-electron chi connectivity index (χ1n) is 8.87. The number of nitrogens with zero attached hydrogens (tertiary/aromatic N) is 1. The number of sulfonamides is 1. The van der Waals surface area contributed by atoms with Crippen LogP contribution in [0, 0.1) is 11.8 Å². The summed E-state index contributed by atoms with van der Waals surface area (Å²) in [6.45, 7) is -0.294. The molecule has 0 aromatic carbocycles. The standard InChI is InChI=1S/C16H29N3O6S/c1-26(23,24)18-11-14(17)19-25-16(22)13(10-15(20)21)9-5-8-12-6-3-2-4-7-12/h12-13,18H,2-11H2,1H3,(H2,17,19)(H,20,21)/t13-/m1/s1. The number of oxime groups is 1. The maximum Gasteiger partial charge on any atom is 0.338 e. The zero-order valence-corrected chi connectivity index (χ0v) is 16.0. The van der Waals surface area contributed by atoms with Crippen molar-refractivity contribution in [2.45, 2.75) is 57.8 Å². The first-order chi connectivity index (χ1) is 12.2. The summed E-state index contributed by atoms with van der Waals surface area (Å²) >= 11 is 0. The maximum atomic E-state index is 12.1. The topological polar surface area (TPSA) is 148 Å². The van der Waals surface area contributed by atoms with E-state index in [1.807, 2.05) is 0 Å². The molecule has 9 nitrogen and oxygen atoms in total. The van der Waals surface area contributed by atoms with E-state index in [2.05, 4.69) is 9.88 Å². The third kappa shape index (κ3) is 10.3. The first kappa shape index (κ1) is 22.4. The van der Waals surface area contributed by atoms with Crippen LogP contribution in [0.15, 0.2) is 5.16 Å². The third-order valence-corrected chi connectivity index (χ3v) is 5.08. The molecule has 150 valence electrons. The van der Waals surface area contributed by atoms with Crippen molar-refractivity contribution in [1.82, 2.24) is 4.72 Å². The van der Waals surface area contributed by atoms with Crippen LogP contribution in [0.3, 0.4) is 0 Å². The summed E-state index contributed by atoms with van der Waals surface area (Å²) in [6.07, 6.45) is 8.92. The summed E-state index contributed by atoms with van der Waals surface area (Å²) in [6, 6.07) is 0. The molecule has 26 heavy (non-hydrogen) atoms. The minimum absolute atomic E-state index is 0.222. The van der Waals surface area contributed by atoms with Gasteiger partial charge in [0.1, 0.15) is 0 Å². The Morgan fingerprint density at radius 2 is 1.96 bits per heavy atom. The van der Waals surface area contributed by atoms with Gasteiger partial charge in [-0.15, -0.1) is 0 Å². The molecule has 10 heteroatoms. The second kappa shape index (κ2) is 11.1. The lowest BCUT2D eigenvalue weighted by molar-refractivity contribution is -0.153. The van der Waals surface area contributed by atoms with Crippen molar-refractivity contribution < 1.29 is 28.0 Å². The van der Waals surface area contributed by atoms with Gasteiger partial charge in [-0.05, 0) is 12.3 Å². The molecule has 0 amide bonds. The van der Waals surface area contributed by atoms with Crippen LogP contribution < -0.4 is 10.5 Å². The minimum atomic E-state index is -3.44. The summed E-state index contributed by atoms with van der Waals surface area (Å²) in [4.78, 5) is 27.8. The Morgan fingerprint density at radius 3 is 2.54 bits per heavy atom. The van der Waals surface area contributed by atoms with Crippen molar-refractivity contribution in [2.24, 2.45) is 22.7 Å². The lowest BCUT2D eigenvalue weighted by atomic mass is 9.84. The van der Waals surface area contributed by atoms with Gasteiger partial charge in [0.2, 0.25) is 10.0 Å². The highest BCUT2D eigenvalue weighted by Gasteiger charge is 2.24. The van der Waals surface area contributed by atoms with E-state index >= 15 is 0 Å². The van der Waals surface area contributed by atoms with Crippen molar-refractivity contribution in [2.75, 3.05) is 12.8 Å². The Kier molecular flexibility index (Phi) is 9.57. The number of amidine groups is 1. The number of carboxylic acids is 1. The molecule has 0 aromatic rings. The highest BCUT2D eigenvalue weighted by Crippen LogP contribution is 2.29. The molecule has 0 spiro atoms. The smallest absolute Gasteiger partial charge is 0.338 e. The van der Waals surface area contributed by atoms with Crippen LogP contribution in [-0.4, -0.2) is 44.1 Å². The van der Waals surface area contributed by atoms with E-state index in [0.717, 1.165) is 19.1 Å². The summed E-state index contributed by atoms with van der Waals surface area (Å²) in [7, 11) is -3.44. The van der Waals surface area contributed by atoms with Gasteiger partial charge < -0.3 is 15.7 Å². The number of rotatable bonds is 11. The van der Waals surface area contributed by atoms with Crippen LogP contribution in [0.1, 0.15) is 57.8 Å². The quantitative estimate of drug-likeness (QED) is 0.207. The summed E-state index contributed by atoms with van der Waals surface area (Å²) in [5, 5.41) is 12.4. The number of carbonyl (C=O) groups is 2. The average Bonchev–Trinajstić information content (AvgIpc) is 2.57. The predicted octanol–water partition coefficient (Wildman–Crippen LogP) is 1.19. The van der Waals surface area contributed by atoms with Crippen LogP contribution in [0.2, 0.25) is 0 Å².